The zero-order chi connectivity index (χ0) is 31.5. The number of hydrogen-bond donors (Lipinski definition) is 1. The minimum atomic E-state index is 0.538. The molecule has 0 atom stereocenters. The number of aromatic nitrogens is 4. The first-order valence-electron chi connectivity index (χ1n) is 15.8. The molecule has 2 saturated heterocycles. The molecule has 1 N–H and O–H groups in total. The monoisotopic (exact) mass is 620 g/mol. The first-order chi connectivity index (χ1) is 22.6. The lowest BCUT2D eigenvalue weighted by Crippen LogP contribution is -2.38. The molecule has 2 aromatic heterocycles. The van der Waals surface area contributed by atoms with Crippen molar-refractivity contribution in [1.29, 1.82) is 0 Å². The molecule has 2 aliphatic heterocycles. The van der Waals surface area contributed by atoms with Crippen molar-refractivity contribution in [2.45, 2.75) is 13.5 Å². The van der Waals surface area contributed by atoms with Crippen molar-refractivity contribution in [2.75, 3.05) is 86.8 Å². The number of ether oxygens (including phenoxy) is 3. The van der Waals surface area contributed by atoms with E-state index in [2.05, 4.69) is 85.1 Å². The van der Waals surface area contributed by atoms with Crippen LogP contribution in [0.5, 0.6) is 5.75 Å². The van der Waals surface area contributed by atoms with E-state index < -0.39 is 0 Å². The predicted molar refractivity (Wildman–Crippen MR) is 182 cm³/mol. The molecule has 0 radical (unpaired) electrons. The molecule has 7 rings (SSSR count). The van der Waals surface area contributed by atoms with Crippen molar-refractivity contribution in [3.05, 3.63) is 84.2 Å². The number of anilines is 6. The van der Waals surface area contributed by atoms with Crippen LogP contribution in [0, 0.1) is 6.92 Å². The molecule has 2 fully saturated rings. The molecule has 2 aliphatic rings. The van der Waals surface area contributed by atoms with Gasteiger partial charge < -0.3 is 34.2 Å². The SMILES string of the molecule is COc1ccc(Cn2nc(C)c3c(N(C)c4ccnc(Nc5cc(N6CCOCC6)cc(N6CCOCC6)c5)n4)cccc32)cc1. The van der Waals surface area contributed by atoms with Crippen LogP contribution in [0.25, 0.3) is 10.9 Å². The number of methoxy groups -OCH3 is 1. The molecule has 46 heavy (non-hydrogen) atoms. The van der Waals surface area contributed by atoms with Crippen LogP contribution in [0.15, 0.2) is 72.9 Å². The molecule has 0 spiro atoms. The Kier molecular flexibility index (Phi) is 8.58. The lowest BCUT2D eigenvalue weighted by molar-refractivity contribution is 0.122. The lowest BCUT2D eigenvalue weighted by Gasteiger charge is -2.33. The molecule has 11 heteroatoms. The summed E-state index contributed by atoms with van der Waals surface area (Å²) in [6.07, 6.45) is 1.80. The first kappa shape index (κ1) is 29.8. The number of rotatable bonds is 9. The molecular weight excluding hydrogens is 580 g/mol. The van der Waals surface area contributed by atoms with Gasteiger partial charge in [-0.25, -0.2) is 4.98 Å². The van der Waals surface area contributed by atoms with Crippen LogP contribution >= 0.6 is 0 Å². The summed E-state index contributed by atoms with van der Waals surface area (Å²) in [7, 11) is 3.72. The van der Waals surface area contributed by atoms with Crippen molar-refractivity contribution in [3.8, 4) is 5.75 Å². The second-order valence-electron chi connectivity index (χ2n) is 11.6. The highest BCUT2D eigenvalue weighted by Crippen LogP contribution is 2.34. The number of nitrogens with zero attached hydrogens (tertiary/aromatic N) is 7. The fourth-order valence-corrected chi connectivity index (χ4v) is 6.23. The lowest BCUT2D eigenvalue weighted by atomic mass is 10.1. The van der Waals surface area contributed by atoms with E-state index in [4.69, 9.17) is 24.3 Å². The molecule has 5 aromatic rings. The van der Waals surface area contributed by atoms with Gasteiger partial charge in [0, 0.05) is 61.9 Å². The third kappa shape index (κ3) is 6.29. The molecule has 4 heterocycles. The minimum absolute atomic E-state index is 0.538. The number of morpholine rings is 2. The van der Waals surface area contributed by atoms with Gasteiger partial charge in [-0.05, 0) is 61.0 Å². The second kappa shape index (κ2) is 13.2. The average Bonchev–Trinajstić information content (AvgIpc) is 3.43. The minimum Gasteiger partial charge on any atom is -0.497 e. The number of fused-ring (bicyclic) bond motifs is 1. The van der Waals surface area contributed by atoms with Crippen LogP contribution in [0.1, 0.15) is 11.3 Å². The average molecular weight is 621 g/mol. The Morgan fingerprint density at radius 1 is 0.870 bits per heavy atom. The second-order valence-corrected chi connectivity index (χ2v) is 11.6. The van der Waals surface area contributed by atoms with E-state index in [0.717, 1.165) is 109 Å². The Bertz CT molecular complexity index is 1760. The quantitative estimate of drug-likeness (QED) is 0.232. The zero-order valence-corrected chi connectivity index (χ0v) is 26.6. The molecule has 0 bridgehead atoms. The van der Waals surface area contributed by atoms with Gasteiger partial charge >= 0.3 is 0 Å². The van der Waals surface area contributed by atoms with E-state index in [9.17, 15) is 0 Å². The summed E-state index contributed by atoms with van der Waals surface area (Å²) in [4.78, 5) is 16.4. The smallest absolute Gasteiger partial charge is 0.229 e. The summed E-state index contributed by atoms with van der Waals surface area (Å²) >= 11 is 0. The summed E-state index contributed by atoms with van der Waals surface area (Å²) in [5.41, 5.74) is 7.50. The fraction of sp³-hybridized carbons (Fsp3) is 0.343. The topological polar surface area (TPSA) is 93.0 Å². The van der Waals surface area contributed by atoms with Crippen LogP contribution in [-0.4, -0.2) is 86.5 Å². The van der Waals surface area contributed by atoms with Crippen LogP contribution in [-0.2, 0) is 16.0 Å². The van der Waals surface area contributed by atoms with Gasteiger partial charge in [-0.15, -0.1) is 0 Å². The molecule has 11 nitrogen and oxygen atoms in total. The Balaban J connectivity index is 1.16. The maximum atomic E-state index is 5.62. The van der Waals surface area contributed by atoms with Gasteiger partial charge in [0.25, 0.3) is 0 Å². The largest absolute Gasteiger partial charge is 0.497 e. The number of benzene rings is 3. The van der Waals surface area contributed by atoms with Gasteiger partial charge in [0.1, 0.15) is 11.6 Å². The summed E-state index contributed by atoms with van der Waals surface area (Å²) < 4.78 is 18.6. The molecule has 0 unspecified atom stereocenters. The molecule has 3 aromatic carbocycles. The number of nitrogens with one attached hydrogen (secondary N) is 1. The van der Waals surface area contributed by atoms with Crippen molar-refractivity contribution in [2.24, 2.45) is 0 Å². The fourth-order valence-electron chi connectivity index (χ4n) is 6.23. The van der Waals surface area contributed by atoms with Crippen LogP contribution in [0.4, 0.5) is 34.5 Å². The highest BCUT2D eigenvalue weighted by Gasteiger charge is 2.19. The van der Waals surface area contributed by atoms with Crippen molar-refractivity contribution in [1.82, 2.24) is 19.7 Å². The van der Waals surface area contributed by atoms with E-state index in [-0.39, 0.29) is 0 Å². The zero-order valence-electron chi connectivity index (χ0n) is 26.6. The Labute approximate surface area is 269 Å². The highest BCUT2D eigenvalue weighted by atomic mass is 16.5. The molecule has 0 aliphatic carbocycles. The maximum absolute atomic E-state index is 5.62. The van der Waals surface area contributed by atoms with E-state index >= 15 is 0 Å². The van der Waals surface area contributed by atoms with Gasteiger partial charge in [0.15, 0.2) is 0 Å². The Hall–Kier alpha value is -4.87. The normalized spacial score (nSPS) is 15.3. The van der Waals surface area contributed by atoms with Crippen LogP contribution in [0.2, 0.25) is 0 Å². The van der Waals surface area contributed by atoms with Gasteiger partial charge in [-0.1, -0.05) is 18.2 Å². The van der Waals surface area contributed by atoms with Crippen molar-refractivity contribution >= 4 is 45.4 Å². The standard InChI is InChI=1S/C35H40N8O3/c1-25-34-31(5-4-6-32(34)43(39-25)24-26-7-9-30(44-3)10-8-26)40(2)33-11-12-36-35(38-33)37-27-21-28(41-13-17-45-18-14-41)23-29(22-27)42-15-19-46-20-16-42/h4-12,21-23H,13-20,24H2,1-3H3,(H,36,37,38). The van der Waals surface area contributed by atoms with E-state index in [1.807, 2.05) is 25.2 Å². The number of aryl methyl sites for hydroxylation is 1. The van der Waals surface area contributed by atoms with Crippen LogP contribution in [0.3, 0.4) is 0 Å². The summed E-state index contributed by atoms with van der Waals surface area (Å²) in [6, 6.07) is 23.0. The maximum Gasteiger partial charge on any atom is 0.229 e. The molecule has 0 amide bonds. The van der Waals surface area contributed by atoms with Gasteiger partial charge in [-0.3, -0.25) is 4.68 Å². The van der Waals surface area contributed by atoms with Gasteiger partial charge in [-0.2, -0.15) is 10.1 Å². The summed E-state index contributed by atoms with van der Waals surface area (Å²) in [6.45, 7) is 9.11. The predicted octanol–water partition coefficient (Wildman–Crippen LogP) is 5.38. The third-order valence-corrected chi connectivity index (χ3v) is 8.68. The van der Waals surface area contributed by atoms with Crippen molar-refractivity contribution in [3.63, 3.8) is 0 Å². The summed E-state index contributed by atoms with van der Waals surface area (Å²) in [5, 5.41) is 9.53. The van der Waals surface area contributed by atoms with E-state index in [1.54, 1.807) is 13.3 Å². The van der Waals surface area contributed by atoms with Gasteiger partial charge in [0.05, 0.1) is 57.0 Å². The Morgan fingerprint density at radius 2 is 1.54 bits per heavy atom. The molecular formula is C35H40N8O3. The molecule has 0 saturated carbocycles. The van der Waals surface area contributed by atoms with Crippen LogP contribution < -0.4 is 24.8 Å². The van der Waals surface area contributed by atoms with E-state index in [1.165, 1.54) is 0 Å². The highest BCUT2D eigenvalue weighted by molar-refractivity contribution is 5.96. The number of hydrogen-bond acceptors (Lipinski definition) is 10. The van der Waals surface area contributed by atoms with E-state index in [0.29, 0.717) is 12.5 Å². The molecule has 238 valence electrons. The third-order valence-electron chi connectivity index (χ3n) is 8.68. The first-order valence-corrected chi connectivity index (χ1v) is 15.8. The van der Waals surface area contributed by atoms with Gasteiger partial charge in [0.2, 0.25) is 5.95 Å². The summed E-state index contributed by atoms with van der Waals surface area (Å²) in [5.74, 6) is 2.16. The Morgan fingerprint density at radius 3 is 2.20 bits per heavy atom. The van der Waals surface area contributed by atoms with Crippen molar-refractivity contribution < 1.29 is 14.2 Å².